The molecule has 166 valence electrons. The Morgan fingerprint density at radius 2 is 1.58 bits per heavy atom. The van der Waals surface area contributed by atoms with Gasteiger partial charge in [0.15, 0.2) is 0 Å². The van der Waals surface area contributed by atoms with Gasteiger partial charge in [0, 0.05) is 11.4 Å². The Morgan fingerprint density at radius 1 is 0.935 bits per heavy atom. The predicted octanol–water partition coefficient (Wildman–Crippen LogP) is 3.19. The molecule has 0 saturated carbocycles. The summed E-state index contributed by atoms with van der Waals surface area (Å²) in [5.74, 6) is -0.994. The van der Waals surface area contributed by atoms with Gasteiger partial charge in [-0.25, -0.2) is 4.79 Å². The number of primary amides is 1. The molecule has 2 aromatic rings. The lowest BCUT2D eigenvalue weighted by Gasteiger charge is -2.23. The van der Waals surface area contributed by atoms with E-state index in [4.69, 9.17) is 22.1 Å². The number of benzene rings is 2. The Morgan fingerprint density at radius 3 is 2.16 bits per heavy atom. The van der Waals surface area contributed by atoms with Crippen LogP contribution in [0.15, 0.2) is 54.6 Å². The molecule has 0 bridgehead atoms. The first-order valence-corrected chi connectivity index (χ1v) is 10.4. The number of nitrogens with two attached hydrogens (primary N) is 1. The highest BCUT2D eigenvalue weighted by molar-refractivity contribution is 6.30. The SMILES string of the molecule is CC(C)C[C@H](NC(=O)C(Cc1ccc(Cl)cc1)NC(=O)OCc1ccccc1)C(N)=O. The zero-order valence-corrected chi connectivity index (χ0v) is 18.4. The fourth-order valence-corrected chi connectivity index (χ4v) is 3.09. The molecule has 0 aliphatic carbocycles. The van der Waals surface area contributed by atoms with Crippen molar-refractivity contribution in [1.29, 1.82) is 0 Å². The van der Waals surface area contributed by atoms with E-state index in [2.05, 4.69) is 10.6 Å². The van der Waals surface area contributed by atoms with Gasteiger partial charge in [0.1, 0.15) is 18.7 Å². The first kappa shape index (κ1) is 24.2. The van der Waals surface area contributed by atoms with Crippen LogP contribution in [-0.4, -0.2) is 30.0 Å². The van der Waals surface area contributed by atoms with E-state index in [0.717, 1.165) is 11.1 Å². The summed E-state index contributed by atoms with van der Waals surface area (Å²) in [6.45, 7) is 3.91. The molecule has 0 aliphatic rings. The highest BCUT2D eigenvalue weighted by atomic mass is 35.5. The molecule has 0 heterocycles. The Kier molecular flexibility index (Phi) is 9.34. The third-order valence-electron chi connectivity index (χ3n) is 4.54. The van der Waals surface area contributed by atoms with E-state index in [1.165, 1.54) is 0 Å². The van der Waals surface area contributed by atoms with Crippen molar-refractivity contribution in [2.24, 2.45) is 11.7 Å². The summed E-state index contributed by atoms with van der Waals surface area (Å²) >= 11 is 5.93. The van der Waals surface area contributed by atoms with Crippen LogP contribution in [0.3, 0.4) is 0 Å². The maximum absolute atomic E-state index is 12.9. The largest absolute Gasteiger partial charge is 0.445 e. The summed E-state index contributed by atoms with van der Waals surface area (Å²) in [4.78, 5) is 37.0. The van der Waals surface area contributed by atoms with E-state index in [1.807, 2.05) is 44.2 Å². The summed E-state index contributed by atoms with van der Waals surface area (Å²) < 4.78 is 5.24. The van der Waals surface area contributed by atoms with Crippen LogP contribution in [0.2, 0.25) is 5.02 Å². The maximum Gasteiger partial charge on any atom is 0.408 e. The number of carbonyl (C=O) groups is 3. The number of hydrogen-bond donors (Lipinski definition) is 3. The predicted molar refractivity (Wildman–Crippen MR) is 119 cm³/mol. The molecule has 31 heavy (non-hydrogen) atoms. The standard InChI is InChI=1S/C23H28ClN3O4/c1-15(2)12-19(21(25)28)26-22(29)20(13-16-8-10-18(24)11-9-16)27-23(30)31-14-17-6-4-3-5-7-17/h3-11,15,19-20H,12-14H2,1-2H3,(H2,25,28)(H,26,29)(H,27,30)/t19-,20?/m0/s1. The highest BCUT2D eigenvalue weighted by Gasteiger charge is 2.27. The molecule has 7 nitrogen and oxygen atoms in total. The van der Waals surface area contributed by atoms with Crippen LogP contribution in [0.5, 0.6) is 0 Å². The van der Waals surface area contributed by atoms with Crippen LogP contribution in [-0.2, 0) is 27.4 Å². The van der Waals surface area contributed by atoms with Gasteiger partial charge in [0.25, 0.3) is 0 Å². The number of halogens is 1. The minimum absolute atomic E-state index is 0.0687. The van der Waals surface area contributed by atoms with Crippen LogP contribution < -0.4 is 16.4 Å². The van der Waals surface area contributed by atoms with E-state index < -0.39 is 30.0 Å². The van der Waals surface area contributed by atoms with Crippen LogP contribution in [0.25, 0.3) is 0 Å². The quantitative estimate of drug-likeness (QED) is 0.521. The van der Waals surface area contributed by atoms with E-state index in [1.54, 1.807) is 24.3 Å². The zero-order valence-electron chi connectivity index (χ0n) is 17.6. The normalized spacial score (nSPS) is 12.6. The molecule has 3 amide bonds. The van der Waals surface area contributed by atoms with Crippen LogP contribution in [0.1, 0.15) is 31.4 Å². The molecule has 8 heteroatoms. The van der Waals surface area contributed by atoms with Crippen molar-refractivity contribution in [2.75, 3.05) is 0 Å². The van der Waals surface area contributed by atoms with E-state index in [0.29, 0.717) is 11.4 Å². The fraction of sp³-hybridized carbons (Fsp3) is 0.348. The zero-order chi connectivity index (χ0) is 22.8. The topological polar surface area (TPSA) is 111 Å². The molecule has 0 radical (unpaired) electrons. The second-order valence-electron chi connectivity index (χ2n) is 7.68. The maximum atomic E-state index is 12.9. The van der Waals surface area contributed by atoms with Crippen molar-refractivity contribution in [3.8, 4) is 0 Å². The molecule has 0 spiro atoms. The number of ether oxygens (including phenoxy) is 1. The Balaban J connectivity index is 2.08. The van der Waals surface area contributed by atoms with Crippen molar-refractivity contribution >= 4 is 29.5 Å². The molecular formula is C23H28ClN3O4. The van der Waals surface area contributed by atoms with Crippen molar-refractivity contribution in [3.63, 3.8) is 0 Å². The van der Waals surface area contributed by atoms with E-state index in [-0.39, 0.29) is 18.9 Å². The third-order valence-corrected chi connectivity index (χ3v) is 4.79. The number of alkyl carbamates (subject to hydrolysis) is 1. The molecule has 4 N–H and O–H groups in total. The van der Waals surface area contributed by atoms with Gasteiger partial charge in [0.2, 0.25) is 11.8 Å². The van der Waals surface area contributed by atoms with Crippen LogP contribution >= 0.6 is 11.6 Å². The number of carbonyl (C=O) groups excluding carboxylic acids is 3. The smallest absolute Gasteiger partial charge is 0.408 e. The molecule has 1 unspecified atom stereocenters. The second kappa shape index (κ2) is 12.0. The van der Waals surface area contributed by atoms with Gasteiger partial charge >= 0.3 is 6.09 Å². The van der Waals surface area contributed by atoms with Gasteiger partial charge < -0.3 is 21.1 Å². The Labute approximate surface area is 187 Å². The van der Waals surface area contributed by atoms with Gasteiger partial charge in [-0.05, 0) is 35.6 Å². The number of amides is 3. The van der Waals surface area contributed by atoms with Gasteiger partial charge in [-0.2, -0.15) is 0 Å². The Hall–Kier alpha value is -3.06. The first-order valence-electron chi connectivity index (χ1n) is 10.1. The van der Waals surface area contributed by atoms with Crippen LogP contribution in [0, 0.1) is 5.92 Å². The molecule has 0 aromatic heterocycles. The van der Waals surface area contributed by atoms with Crippen molar-refractivity contribution in [1.82, 2.24) is 10.6 Å². The van der Waals surface area contributed by atoms with Gasteiger partial charge in [-0.3, -0.25) is 9.59 Å². The number of rotatable bonds is 10. The molecular weight excluding hydrogens is 418 g/mol. The average molecular weight is 446 g/mol. The van der Waals surface area contributed by atoms with Crippen molar-refractivity contribution in [3.05, 3.63) is 70.7 Å². The molecule has 2 rings (SSSR count). The molecule has 0 aliphatic heterocycles. The van der Waals surface area contributed by atoms with Gasteiger partial charge in [-0.15, -0.1) is 0 Å². The molecule has 2 atom stereocenters. The number of hydrogen-bond acceptors (Lipinski definition) is 4. The summed E-state index contributed by atoms with van der Waals surface area (Å²) in [6, 6.07) is 14.3. The van der Waals surface area contributed by atoms with Gasteiger partial charge in [-0.1, -0.05) is 67.9 Å². The Bertz CT molecular complexity index is 872. The summed E-state index contributed by atoms with van der Waals surface area (Å²) in [6.07, 6.45) is -0.151. The van der Waals surface area contributed by atoms with Crippen LogP contribution in [0.4, 0.5) is 4.79 Å². The van der Waals surface area contributed by atoms with Crippen molar-refractivity contribution in [2.45, 2.75) is 45.4 Å². The highest BCUT2D eigenvalue weighted by Crippen LogP contribution is 2.12. The third kappa shape index (κ3) is 8.68. The van der Waals surface area contributed by atoms with Crippen molar-refractivity contribution < 1.29 is 19.1 Å². The lowest BCUT2D eigenvalue weighted by atomic mass is 10.0. The molecule has 2 aromatic carbocycles. The number of nitrogens with one attached hydrogen (secondary N) is 2. The lowest BCUT2D eigenvalue weighted by Crippen LogP contribution is -2.54. The van der Waals surface area contributed by atoms with Gasteiger partial charge in [0.05, 0.1) is 0 Å². The first-order chi connectivity index (χ1) is 14.7. The summed E-state index contributed by atoms with van der Waals surface area (Å²) in [7, 11) is 0. The lowest BCUT2D eigenvalue weighted by molar-refractivity contribution is -0.128. The minimum atomic E-state index is -0.960. The molecule has 0 saturated heterocycles. The van der Waals surface area contributed by atoms with E-state index >= 15 is 0 Å². The monoisotopic (exact) mass is 445 g/mol. The fourth-order valence-electron chi connectivity index (χ4n) is 2.96. The minimum Gasteiger partial charge on any atom is -0.445 e. The summed E-state index contributed by atoms with van der Waals surface area (Å²) in [5.41, 5.74) is 7.04. The van der Waals surface area contributed by atoms with E-state index in [9.17, 15) is 14.4 Å². The average Bonchev–Trinajstić information content (AvgIpc) is 2.73. The second-order valence-corrected chi connectivity index (χ2v) is 8.12. The molecule has 0 fully saturated rings. The summed E-state index contributed by atoms with van der Waals surface area (Å²) in [5, 5.41) is 5.80.